The molecule has 1 saturated heterocycles. The molecule has 0 amide bonds. The second-order valence-electron chi connectivity index (χ2n) is 4.61. The molecule has 2 N–H and O–H groups in total. The molecular formula is C13H14BrN3O2. The van der Waals surface area contributed by atoms with Crippen molar-refractivity contribution in [2.24, 2.45) is 0 Å². The normalized spacial score (nSPS) is 19.5. The van der Waals surface area contributed by atoms with E-state index in [1.807, 2.05) is 18.2 Å². The number of hydrogen-bond donors (Lipinski definition) is 1. The van der Waals surface area contributed by atoms with Crippen molar-refractivity contribution < 1.29 is 9.26 Å². The molecule has 0 saturated carbocycles. The Labute approximate surface area is 119 Å². The lowest BCUT2D eigenvalue weighted by Crippen LogP contribution is -2.16. The van der Waals surface area contributed by atoms with Gasteiger partial charge in [-0.15, -0.1) is 0 Å². The van der Waals surface area contributed by atoms with E-state index >= 15 is 0 Å². The number of anilines is 1. The van der Waals surface area contributed by atoms with Gasteiger partial charge >= 0.3 is 0 Å². The minimum atomic E-state index is 0.235. The lowest BCUT2D eigenvalue weighted by molar-refractivity contribution is 0.0773. The van der Waals surface area contributed by atoms with Gasteiger partial charge in [0, 0.05) is 28.2 Å². The van der Waals surface area contributed by atoms with Crippen molar-refractivity contribution in [3.8, 4) is 11.5 Å². The van der Waals surface area contributed by atoms with Gasteiger partial charge in [0.2, 0.25) is 0 Å². The van der Waals surface area contributed by atoms with Crippen LogP contribution in [0.4, 0.5) is 5.69 Å². The number of halogens is 1. The third kappa shape index (κ3) is 2.64. The van der Waals surface area contributed by atoms with Crippen molar-refractivity contribution in [2.75, 3.05) is 18.9 Å². The summed E-state index contributed by atoms with van der Waals surface area (Å²) in [5.41, 5.74) is 7.33. The minimum absolute atomic E-state index is 0.235. The smallest absolute Gasteiger partial charge is 0.258 e. The maximum atomic E-state index is 5.85. The van der Waals surface area contributed by atoms with E-state index in [9.17, 15) is 0 Å². The monoisotopic (exact) mass is 323 g/mol. The zero-order chi connectivity index (χ0) is 13.2. The second kappa shape index (κ2) is 5.30. The van der Waals surface area contributed by atoms with Gasteiger partial charge in [0.1, 0.15) is 0 Å². The van der Waals surface area contributed by atoms with Gasteiger partial charge < -0.3 is 15.0 Å². The summed E-state index contributed by atoms with van der Waals surface area (Å²) in [6, 6.07) is 5.59. The Morgan fingerprint density at radius 2 is 2.26 bits per heavy atom. The van der Waals surface area contributed by atoms with Crippen LogP contribution in [0, 0.1) is 0 Å². The van der Waals surface area contributed by atoms with Gasteiger partial charge in [0.25, 0.3) is 5.89 Å². The first-order chi connectivity index (χ1) is 9.24. The number of hydrogen-bond acceptors (Lipinski definition) is 5. The largest absolute Gasteiger partial charge is 0.398 e. The fourth-order valence-corrected chi connectivity index (χ4v) is 2.39. The van der Waals surface area contributed by atoms with E-state index in [4.69, 9.17) is 15.0 Å². The molecule has 0 aliphatic carbocycles. The van der Waals surface area contributed by atoms with Crippen molar-refractivity contribution in [1.82, 2.24) is 10.1 Å². The van der Waals surface area contributed by atoms with Crippen LogP contribution < -0.4 is 5.73 Å². The first-order valence-corrected chi connectivity index (χ1v) is 7.00. The molecular weight excluding hydrogens is 310 g/mol. The highest BCUT2D eigenvalue weighted by Gasteiger charge is 2.22. The topological polar surface area (TPSA) is 74.2 Å². The van der Waals surface area contributed by atoms with Crippen LogP contribution in [-0.4, -0.2) is 23.4 Å². The molecule has 2 heterocycles. The van der Waals surface area contributed by atoms with Crippen molar-refractivity contribution in [1.29, 1.82) is 0 Å². The molecule has 6 heteroatoms. The number of benzene rings is 1. The van der Waals surface area contributed by atoms with E-state index < -0.39 is 0 Å². The van der Waals surface area contributed by atoms with E-state index in [1.54, 1.807) is 0 Å². The second-order valence-corrected chi connectivity index (χ2v) is 5.46. The van der Waals surface area contributed by atoms with Crippen LogP contribution in [0.1, 0.15) is 24.6 Å². The Morgan fingerprint density at radius 3 is 3.00 bits per heavy atom. The maximum Gasteiger partial charge on any atom is 0.258 e. The van der Waals surface area contributed by atoms with E-state index in [2.05, 4.69) is 26.1 Å². The minimum Gasteiger partial charge on any atom is -0.398 e. The number of aromatic nitrogens is 2. The Kier molecular flexibility index (Phi) is 3.52. The van der Waals surface area contributed by atoms with Gasteiger partial charge in [-0.3, -0.25) is 0 Å². The number of nitrogen functional groups attached to an aromatic ring is 1. The third-order valence-corrected chi connectivity index (χ3v) is 3.93. The first-order valence-electron chi connectivity index (χ1n) is 6.21. The molecule has 1 aromatic carbocycles. The van der Waals surface area contributed by atoms with Gasteiger partial charge in [-0.1, -0.05) is 5.16 Å². The van der Waals surface area contributed by atoms with Crippen LogP contribution in [0.2, 0.25) is 0 Å². The van der Waals surface area contributed by atoms with Crippen molar-refractivity contribution in [2.45, 2.75) is 18.8 Å². The van der Waals surface area contributed by atoms with Crippen molar-refractivity contribution >= 4 is 21.6 Å². The summed E-state index contributed by atoms with van der Waals surface area (Å²) >= 11 is 3.36. The molecule has 1 aliphatic rings. The first kappa shape index (κ1) is 12.6. The summed E-state index contributed by atoms with van der Waals surface area (Å²) in [6.45, 7) is 1.49. The van der Waals surface area contributed by atoms with Gasteiger partial charge in [0.15, 0.2) is 5.82 Å². The fourth-order valence-electron chi connectivity index (χ4n) is 2.14. The standard InChI is InChI=1S/C13H14BrN3O2/c14-10-4-3-8(6-11(10)15)13-16-12(17-19-13)9-2-1-5-18-7-9/h3-4,6,9H,1-2,5,7,15H2. The number of ether oxygens (including phenoxy) is 1. The summed E-state index contributed by atoms with van der Waals surface area (Å²) in [4.78, 5) is 4.45. The molecule has 1 atom stereocenters. The van der Waals surface area contributed by atoms with Crippen LogP contribution in [-0.2, 0) is 4.74 Å². The van der Waals surface area contributed by atoms with E-state index in [0.29, 0.717) is 18.2 Å². The van der Waals surface area contributed by atoms with Gasteiger partial charge in [-0.05, 0) is 47.0 Å². The predicted octanol–water partition coefficient (Wildman–Crippen LogP) is 2.98. The van der Waals surface area contributed by atoms with Crippen LogP contribution in [0.5, 0.6) is 0 Å². The van der Waals surface area contributed by atoms with Crippen molar-refractivity contribution in [3.63, 3.8) is 0 Å². The zero-order valence-corrected chi connectivity index (χ0v) is 11.9. The van der Waals surface area contributed by atoms with Crippen LogP contribution in [0.15, 0.2) is 27.2 Å². The maximum absolute atomic E-state index is 5.85. The summed E-state index contributed by atoms with van der Waals surface area (Å²) in [5.74, 6) is 1.45. The fraction of sp³-hybridized carbons (Fsp3) is 0.385. The Hall–Kier alpha value is -1.40. The van der Waals surface area contributed by atoms with E-state index in [-0.39, 0.29) is 5.92 Å². The zero-order valence-electron chi connectivity index (χ0n) is 10.3. The molecule has 0 radical (unpaired) electrons. The summed E-state index contributed by atoms with van der Waals surface area (Å²) in [7, 11) is 0. The average molecular weight is 324 g/mol. The Bertz CT molecular complexity index is 579. The SMILES string of the molecule is Nc1cc(-c2nc(C3CCCOC3)no2)ccc1Br. The number of nitrogens with zero attached hydrogens (tertiary/aromatic N) is 2. The van der Waals surface area contributed by atoms with Gasteiger partial charge in [-0.25, -0.2) is 0 Å². The van der Waals surface area contributed by atoms with E-state index in [1.165, 1.54) is 0 Å². The molecule has 1 fully saturated rings. The molecule has 2 aromatic rings. The molecule has 1 aliphatic heterocycles. The summed E-state index contributed by atoms with van der Waals surface area (Å²) in [6.07, 6.45) is 2.08. The quantitative estimate of drug-likeness (QED) is 0.860. The lowest BCUT2D eigenvalue weighted by Gasteiger charge is -2.18. The summed E-state index contributed by atoms with van der Waals surface area (Å²) in [5, 5.41) is 4.05. The van der Waals surface area contributed by atoms with Crippen LogP contribution in [0.25, 0.3) is 11.5 Å². The molecule has 0 bridgehead atoms. The molecule has 3 rings (SSSR count). The molecule has 19 heavy (non-hydrogen) atoms. The Morgan fingerprint density at radius 1 is 1.37 bits per heavy atom. The summed E-state index contributed by atoms with van der Waals surface area (Å²) < 4.78 is 11.6. The lowest BCUT2D eigenvalue weighted by atomic mass is 10.0. The Balaban J connectivity index is 1.85. The molecule has 5 nitrogen and oxygen atoms in total. The average Bonchev–Trinajstić information content (AvgIpc) is 2.93. The molecule has 1 unspecified atom stereocenters. The van der Waals surface area contributed by atoms with Crippen LogP contribution >= 0.6 is 15.9 Å². The number of rotatable bonds is 2. The highest BCUT2D eigenvalue weighted by Crippen LogP contribution is 2.28. The van der Waals surface area contributed by atoms with Crippen LogP contribution in [0.3, 0.4) is 0 Å². The molecule has 1 aromatic heterocycles. The molecule has 0 spiro atoms. The highest BCUT2D eigenvalue weighted by molar-refractivity contribution is 9.10. The predicted molar refractivity (Wildman–Crippen MR) is 74.6 cm³/mol. The third-order valence-electron chi connectivity index (χ3n) is 3.21. The van der Waals surface area contributed by atoms with Gasteiger partial charge in [-0.2, -0.15) is 4.98 Å². The highest BCUT2D eigenvalue weighted by atomic mass is 79.9. The van der Waals surface area contributed by atoms with Gasteiger partial charge in [0.05, 0.1) is 6.61 Å². The molecule has 100 valence electrons. The van der Waals surface area contributed by atoms with E-state index in [0.717, 1.165) is 35.3 Å². The van der Waals surface area contributed by atoms with Crippen molar-refractivity contribution in [3.05, 3.63) is 28.5 Å². The number of nitrogens with two attached hydrogens (primary N) is 1.